The standard InChI is InChI=1S/C20H30BrN7O2/c21-17-5-3-16(4-6-17)15-24-19-25-18(23-8-12-30-14-13-29-11-7-22)26-20(27-19)28-9-1-2-10-28/h3-6H,1-2,7-15,22H2,(H2,23,24,25,26,27). The van der Waals surface area contributed by atoms with Crippen LogP contribution in [-0.4, -0.2) is 67.6 Å². The first-order valence-electron chi connectivity index (χ1n) is 10.3. The van der Waals surface area contributed by atoms with Crippen LogP contribution in [0.1, 0.15) is 18.4 Å². The lowest BCUT2D eigenvalue weighted by atomic mass is 10.2. The Balaban J connectivity index is 1.54. The normalized spacial score (nSPS) is 13.6. The number of nitrogens with two attached hydrogens (primary N) is 1. The van der Waals surface area contributed by atoms with E-state index < -0.39 is 0 Å². The van der Waals surface area contributed by atoms with Crippen molar-refractivity contribution < 1.29 is 9.47 Å². The molecule has 164 valence electrons. The Morgan fingerprint density at radius 1 is 0.900 bits per heavy atom. The second-order valence-corrected chi connectivity index (χ2v) is 7.81. The molecule has 10 heteroatoms. The van der Waals surface area contributed by atoms with E-state index in [1.54, 1.807) is 0 Å². The number of anilines is 3. The summed E-state index contributed by atoms with van der Waals surface area (Å²) in [6, 6.07) is 8.17. The number of nitrogens with zero attached hydrogens (tertiary/aromatic N) is 4. The van der Waals surface area contributed by atoms with Gasteiger partial charge in [0.25, 0.3) is 0 Å². The van der Waals surface area contributed by atoms with Crippen molar-refractivity contribution in [3.8, 4) is 0 Å². The molecule has 0 unspecified atom stereocenters. The third-order valence-corrected chi connectivity index (χ3v) is 5.07. The van der Waals surface area contributed by atoms with Crippen molar-refractivity contribution in [2.24, 2.45) is 5.73 Å². The lowest BCUT2D eigenvalue weighted by Gasteiger charge is -2.17. The van der Waals surface area contributed by atoms with Gasteiger partial charge in [-0.1, -0.05) is 28.1 Å². The highest BCUT2D eigenvalue weighted by atomic mass is 79.9. The molecule has 0 aliphatic carbocycles. The summed E-state index contributed by atoms with van der Waals surface area (Å²) in [5.74, 6) is 1.82. The fraction of sp³-hybridized carbons (Fsp3) is 0.550. The minimum absolute atomic E-state index is 0.526. The molecule has 1 aromatic carbocycles. The summed E-state index contributed by atoms with van der Waals surface area (Å²) in [5, 5.41) is 6.55. The molecule has 3 rings (SSSR count). The Morgan fingerprint density at radius 3 is 2.27 bits per heavy atom. The topological polar surface area (TPSA) is 110 Å². The van der Waals surface area contributed by atoms with Crippen molar-refractivity contribution in [1.29, 1.82) is 0 Å². The molecule has 4 N–H and O–H groups in total. The Bertz CT molecular complexity index is 757. The van der Waals surface area contributed by atoms with Crippen molar-refractivity contribution in [2.75, 3.05) is 68.1 Å². The first kappa shape index (κ1) is 22.7. The molecule has 0 saturated carbocycles. The highest BCUT2D eigenvalue weighted by Gasteiger charge is 2.17. The predicted molar refractivity (Wildman–Crippen MR) is 122 cm³/mol. The fourth-order valence-electron chi connectivity index (χ4n) is 3.01. The van der Waals surface area contributed by atoms with Gasteiger partial charge in [0.15, 0.2) is 0 Å². The average Bonchev–Trinajstić information content (AvgIpc) is 3.30. The second-order valence-electron chi connectivity index (χ2n) is 6.90. The minimum atomic E-state index is 0.526. The number of hydrogen-bond donors (Lipinski definition) is 3. The fourth-order valence-corrected chi connectivity index (χ4v) is 3.27. The minimum Gasteiger partial charge on any atom is -0.378 e. The quantitative estimate of drug-likeness (QED) is 0.372. The molecule has 0 radical (unpaired) electrons. The third kappa shape index (κ3) is 7.67. The third-order valence-electron chi connectivity index (χ3n) is 4.54. The molecule has 1 aromatic heterocycles. The maximum Gasteiger partial charge on any atom is 0.231 e. The van der Waals surface area contributed by atoms with Gasteiger partial charge in [0, 0.05) is 37.2 Å². The largest absolute Gasteiger partial charge is 0.378 e. The highest BCUT2D eigenvalue weighted by Crippen LogP contribution is 2.19. The molecule has 0 spiro atoms. The first-order chi connectivity index (χ1) is 14.7. The van der Waals surface area contributed by atoms with Crippen molar-refractivity contribution >= 4 is 33.8 Å². The van der Waals surface area contributed by atoms with Crippen LogP contribution < -0.4 is 21.3 Å². The zero-order valence-corrected chi connectivity index (χ0v) is 18.7. The van der Waals surface area contributed by atoms with Gasteiger partial charge in [-0.3, -0.25) is 0 Å². The molecule has 1 saturated heterocycles. The summed E-state index contributed by atoms with van der Waals surface area (Å²) in [4.78, 5) is 15.9. The molecule has 2 aromatic rings. The van der Waals surface area contributed by atoms with Crippen molar-refractivity contribution in [1.82, 2.24) is 15.0 Å². The Morgan fingerprint density at radius 2 is 1.57 bits per heavy atom. The average molecular weight is 480 g/mol. The number of halogens is 1. The van der Waals surface area contributed by atoms with E-state index in [2.05, 4.69) is 58.5 Å². The van der Waals surface area contributed by atoms with Crippen molar-refractivity contribution in [3.63, 3.8) is 0 Å². The lowest BCUT2D eigenvalue weighted by molar-refractivity contribution is 0.0547. The van der Waals surface area contributed by atoms with Gasteiger partial charge >= 0.3 is 0 Å². The van der Waals surface area contributed by atoms with E-state index in [-0.39, 0.29) is 0 Å². The summed E-state index contributed by atoms with van der Waals surface area (Å²) in [7, 11) is 0. The van der Waals surface area contributed by atoms with Gasteiger partial charge < -0.3 is 30.7 Å². The summed E-state index contributed by atoms with van der Waals surface area (Å²) < 4.78 is 11.9. The first-order valence-corrected chi connectivity index (χ1v) is 11.1. The van der Waals surface area contributed by atoms with Crippen LogP contribution in [0.5, 0.6) is 0 Å². The van der Waals surface area contributed by atoms with Crippen LogP contribution in [0, 0.1) is 0 Å². The van der Waals surface area contributed by atoms with Gasteiger partial charge in [0.05, 0.1) is 26.4 Å². The molecule has 2 heterocycles. The summed E-state index contributed by atoms with van der Waals surface area (Å²) in [5.41, 5.74) is 6.53. The van der Waals surface area contributed by atoms with Gasteiger partial charge in [-0.05, 0) is 30.5 Å². The van der Waals surface area contributed by atoms with Gasteiger partial charge in [0.1, 0.15) is 0 Å². The maximum absolute atomic E-state index is 5.55. The monoisotopic (exact) mass is 479 g/mol. The van der Waals surface area contributed by atoms with Crippen LogP contribution in [0.2, 0.25) is 0 Å². The molecule has 30 heavy (non-hydrogen) atoms. The molecular formula is C20H30BrN7O2. The van der Waals surface area contributed by atoms with Crippen LogP contribution in [-0.2, 0) is 16.0 Å². The maximum atomic E-state index is 5.55. The van der Waals surface area contributed by atoms with E-state index >= 15 is 0 Å². The molecular weight excluding hydrogens is 450 g/mol. The predicted octanol–water partition coefficient (Wildman–Crippen LogP) is 2.25. The molecule has 1 fully saturated rings. The number of rotatable bonds is 13. The molecule has 1 aliphatic rings. The summed E-state index contributed by atoms with van der Waals surface area (Å²) in [6.07, 6.45) is 2.33. The zero-order valence-electron chi connectivity index (χ0n) is 17.1. The summed E-state index contributed by atoms with van der Waals surface area (Å²) >= 11 is 3.46. The van der Waals surface area contributed by atoms with E-state index in [0.29, 0.717) is 63.9 Å². The van der Waals surface area contributed by atoms with E-state index in [1.165, 1.54) is 0 Å². The van der Waals surface area contributed by atoms with Gasteiger partial charge in [-0.25, -0.2) is 0 Å². The zero-order chi connectivity index (χ0) is 21.0. The molecule has 0 amide bonds. The molecule has 0 atom stereocenters. The number of ether oxygens (including phenoxy) is 2. The number of hydrogen-bond acceptors (Lipinski definition) is 9. The van der Waals surface area contributed by atoms with E-state index in [1.807, 2.05) is 12.1 Å². The Labute approximate surface area is 185 Å². The lowest BCUT2D eigenvalue weighted by Crippen LogP contribution is -2.23. The van der Waals surface area contributed by atoms with Crippen LogP contribution in [0.15, 0.2) is 28.7 Å². The smallest absolute Gasteiger partial charge is 0.231 e. The number of aromatic nitrogens is 3. The molecule has 0 bridgehead atoms. The van der Waals surface area contributed by atoms with Crippen LogP contribution in [0.3, 0.4) is 0 Å². The SMILES string of the molecule is NCCOCCOCCNc1nc(NCc2ccc(Br)cc2)nc(N2CCCC2)n1. The van der Waals surface area contributed by atoms with E-state index in [4.69, 9.17) is 15.2 Å². The van der Waals surface area contributed by atoms with Crippen LogP contribution >= 0.6 is 15.9 Å². The van der Waals surface area contributed by atoms with Gasteiger partial charge in [-0.2, -0.15) is 15.0 Å². The molecule has 1 aliphatic heterocycles. The van der Waals surface area contributed by atoms with Crippen LogP contribution in [0.4, 0.5) is 17.8 Å². The number of nitrogens with one attached hydrogen (secondary N) is 2. The summed E-state index contributed by atoms with van der Waals surface area (Å²) in [6.45, 7) is 5.90. The van der Waals surface area contributed by atoms with Gasteiger partial charge in [-0.15, -0.1) is 0 Å². The van der Waals surface area contributed by atoms with Crippen molar-refractivity contribution in [2.45, 2.75) is 19.4 Å². The number of benzene rings is 1. The second kappa shape index (κ2) is 12.6. The van der Waals surface area contributed by atoms with Crippen LogP contribution in [0.25, 0.3) is 0 Å². The van der Waals surface area contributed by atoms with E-state index in [9.17, 15) is 0 Å². The Hall–Kier alpha value is -2.01. The highest BCUT2D eigenvalue weighted by molar-refractivity contribution is 9.10. The van der Waals surface area contributed by atoms with E-state index in [0.717, 1.165) is 36.0 Å². The Kier molecular flexibility index (Phi) is 9.55. The van der Waals surface area contributed by atoms with Gasteiger partial charge in [0.2, 0.25) is 17.8 Å². The van der Waals surface area contributed by atoms with Crippen molar-refractivity contribution in [3.05, 3.63) is 34.3 Å². The molecule has 9 nitrogen and oxygen atoms in total.